The van der Waals surface area contributed by atoms with Gasteiger partial charge in [-0.2, -0.15) is 26.3 Å². The number of halogens is 8. The van der Waals surface area contributed by atoms with Gasteiger partial charge in [-0.1, -0.05) is 0 Å². The van der Waals surface area contributed by atoms with Crippen LogP contribution in [0, 0.1) is 13.8 Å². The van der Waals surface area contributed by atoms with Crippen molar-refractivity contribution >= 4 is 78.4 Å². The first-order valence-corrected chi connectivity index (χ1v) is 21.5. The second-order valence-corrected chi connectivity index (χ2v) is 17.1. The molecule has 344 valence electrons. The van der Waals surface area contributed by atoms with Gasteiger partial charge in [-0.3, -0.25) is 19.2 Å². The van der Waals surface area contributed by atoms with Crippen LogP contribution < -0.4 is 30.7 Å². The molecule has 0 saturated heterocycles. The zero-order valence-corrected chi connectivity index (χ0v) is 37.5. The molecule has 2 saturated carbocycles. The number of carbonyl (C=O) groups excluding carboxylic acids is 2. The molecule has 2 amide bonds. The number of carbonyl (C=O) groups is 4. The molecule has 0 aliphatic heterocycles. The summed E-state index contributed by atoms with van der Waals surface area (Å²) < 4.78 is 92.6. The number of aryl methyl sites for hydroxylation is 2. The summed E-state index contributed by atoms with van der Waals surface area (Å²) >= 11 is 6.62. The van der Waals surface area contributed by atoms with Crippen molar-refractivity contribution < 1.29 is 65.2 Å². The van der Waals surface area contributed by atoms with Crippen molar-refractivity contribution in [1.82, 2.24) is 0 Å². The van der Waals surface area contributed by atoms with Crippen molar-refractivity contribution in [3.8, 4) is 11.5 Å². The zero-order valence-electron chi connectivity index (χ0n) is 34.4. The molecular weight excluding hydrogens is 986 g/mol. The number of rotatable bonds is 16. The average Bonchev–Trinajstić information content (AvgIpc) is 3.12. The van der Waals surface area contributed by atoms with Crippen molar-refractivity contribution in [3.05, 3.63) is 103 Å². The van der Waals surface area contributed by atoms with E-state index in [1.165, 1.54) is 12.1 Å². The van der Waals surface area contributed by atoms with Crippen molar-refractivity contribution in [2.24, 2.45) is 0 Å². The monoisotopic (exact) mass is 1030 g/mol. The molecule has 0 atom stereocenters. The predicted octanol–water partition coefficient (Wildman–Crippen LogP) is 11.5. The molecule has 2 fully saturated rings. The highest BCUT2D eigenvalue weighted by molar-refractivity contribution is 9.11. The molecule has 0 spiro atoms. The Bertz CT molecular complexity index is 2160. The fraction of sp³-hybridized carbons (Fsp3) is 0.364. The van der Waals surface area contributed by atoms with E-state index in [0.717, 1.165) is 62.8 Å². The number of nitrogens with one attached hydrogen (secondary N) is 4. The molecular formula is C44H44Br2F6N4O8. The summed E-state index contributed by atoms with van der Waals surface area (Å²) in [5.41, 5.74) is 2.15. The molecule has 0 radical (unpaired) electrons. The molecule has 6 rings (SSSR count). The minimum atomic E-state index is -4.48. The van der Waals surface area contributed by atoms with Crippen molar-refractivity contribution in [2.45, 2.75) is 103 Å². The fourth-order valence-corrected chi connectivity index (χ4v) is 8.05. The van der Waals surface area contributed by atoms with Gasteiger partial charge in [-0.15, -0.1) is 0 Å². The molecule has 4 aromatic rings. The highest BCUT2D eigenvalue weighted by Gasteiger charge is 2.33. The number of ether oxygens (including phenoxy) is 2. The summed E-state index contributed by atoms with van der Waals surface area (Å²) in [6.07, 6.45) is -4.42. The van der Waals surface area contributed by atoms with Gasteiger partial charge in [0.15, 0.2) is 0 Å². The van der Waals surface area contributed by atoms with Gasteiger partial charge in [0.2, 0.25) is 11.8 Å². The molecule has 0 unspecified atom stereocenters. The van der Waals surface area contributed by atoms with Crippen LogP contribution in [-0.2, 0) is 44.7 Å². The Morgan fingerprint density at radius 2 is 0.953 bits per heavy atom. The summed E-state index contributed by atoms with van der Waals surface area (Å²) in [5, 5.41) is 28.6. The van der Waals surface area contributed by atoms with Gasteiger partial charge in [0.1, 0.15) is 37.6 Å². The molecule has 0 heterocycles. The van der Waals surface area contributed by atoms with Crippen molar-refractivity contribution in [3.63, 3.8) is 0 Å². The number of carboxylic acid groups (broad SMARTS) is 2. The van der Waals surface area contributed by atoms with E-state index in [0.29, 0.717) is 65.4 Å². The van der Waals surface area contributed by atoms with E-state index in [1.807, 2.05) is 0 Å². The summed E-state index contributed by atoms with van der Waals surface area (Å²) in [5.74, 6) is -3.02. The maximum Gasteiger partial charge on any atom is 0.416 e. The number of aliphatic carboxylic acids is 2. The van der Waals surface area contributed by atoms with Crippen LogP contribution >= 0.6 is 31.9 Å². The van der Waals surface area contributed by atoms with Crippen molar-refractivity contribution in [2.75, 3.05) is 21.3 Å². The maximum absolute atomic E-state index is 13.4. The smallest absolute Gasteiger partial charge is 0.416 e. The lowest BCUT2D eigenvalue weighted by Gasteiger charge is -2.28. The Labute approximate surface area is 380 Å². The fourth-order valence-electron chi connectivity index (χ4n) is 6.64. The Kier molecular flexibility index (Phi) is 16.6. The lowest BCUT2D eigenvalue weighted by molar-refractivity contribution is -0.141. The number of amides is 2. The van der Waals surface area contributed by atoms with Gasteiger partial charge < -0.3 is 41.0 Å². The van der Waals surface area contributed by atoms with Gasteiger partial charge >= 0.3 is 24.3 Å². The molecule has 6 N–H and O–H groups in total. The molecule has 4 aromatic carbocycles. The van der Waals surface area contributed by atoms with Crippen LogP contribution in [0.1, 0.15) is 84.7 Å². The SMILES string of the molecule is Cc1cc(NC(=O)CC(=O)O)cc(C)c1OCc1cc(NC2CCC2)cc(C(F)(F)F)c1.O=C(O)CC(=O)Nc1cc(Br)c(OCc2cc(NC3CCC3)cc(C(F)(F)F)c2)c(Br)c1. The van der Waals surface area contributed by atoms with Gasteiger partial charge in [-0.05, 0) is 167 Å². The van der Waals surface area contributed by atoms with Crippen LogP contribution in [0.4, 0.5) is 49.1 Å². The van der Waals surface area contributed by atoms with E-state index in [9.17, 15) is 45.5 Å². The predicted molar refractivity (Wildman–Crippen MR) is 234 cm³/mol. The minimum absolute atomic E-state index is 0.0599. The molecule has 12 nitrogen and oxygen atoms in total. The third kappa shape index (κ3) is 14.8. The molecule has 2 aliphatic carbocycles. The van der Waals surface area contributed by atoms with Crippen LogP contribution in [0.5, 0.6) is 11.5 Å². The van der Waals surface area contributed by atoms with Crippen LogP contribution in [0.25, 0.3) is 0 Å². The minimum Gasteiger partial charge on any atom is -0.488 e. The molecule has 0 bridgehead atoms. The Balaban J connectivity index is 0.000000241. The second kappa shape index (κ2) is 21.5. The molecule has 20 heteroatoms. The number of benzene rings is 4. The van der Waals surface area contributed by atoms with Crippen molar-refractivity contribution in [1.29, 1.82) is 0 Å². The van der Waals surface area contributed by atoms with Crippen LogP contribution in [0.15, 0.2) is 69.6 Å². The lowest BCUT2D eigenvalue weighted by atomic mass is 9.93. The number of carboxylic acids is 2. The Morgan fingerprint density at radius 3 is 1.30 bits per heavy atom. The first-order chi connectivity index (χ1) is 30.0. The van der Waals surface area contributed by atoms with Gasteiger partial charge in [0.25, 0.3) is 0 Å². The van der Waals surface area contributed by atoms with E-state index >= 15 is 0 Å². The average molecular weight is 1030 g/mol. The third-order valence-corrected chi connectivity index (χ3v) is 11.2. The number of hydrogen-bond donors (Lipinski definition) is 6. The quantitative estimate of drug-likeness (QED) is 0.0468. The molecule has 2 aliphatic rings. The summed E-state index contributed by atoms with van der Waals surface area (Å²) in [7, 11) is 0. The molecule has 0 aromatic heterocycles. The van der Waals surface area contributed by atoms with E-state index in [1.54, 1.807) is 38.1 Å². The second-order valence-electron chi connectivity index (χ2n) is 15.4. The third-order valence-electron chi connectivity index (χ3n) is 10.0. The topological polar surface area (TPSA) is 175 Å². The number of alkyl halides is 6. The maximum atomic E-state index is 13.4. The summed E-state index contributed by atoms with van der Waals surface area (Å²) in [6, 6.07) is 14.3. The number of anilines is 4. The van der Waals surface area contributed by atoms with E-state index in [-0.39, 0.29) is 25.3 Å². The van der Waals surface area contributed by atoms with E-state index in [2.05, 4.69) is 53.1 Å². The van der Waals surface area contributed by atoms with Gasteiger partial charge in [-0.25, -0.2) is 0 Å². The van der Waals surface area contributed by atoms with Crippen LogP contribution in [0.2, 0.25) is 0 Å². The first-order valence-electron chi connectivity index (χ1n) is 19.9. The molecule has 64 heavy (non-hydrogen) atoms. The zero-order chi connectivity index (χ0) is 46.9. The highest BCUT2D eigenvalue weighted by Crippen LogP contribution is 2.39. The van der Waals surface area contributed by atoms with Crippen LogP contribution in [0.3, 0.4) is 0 Å². The Hall–Kier alpha value is -5.50. The Morgan fingerprint density at radius 1 is 0.578 bits per heavy atom. The lowest BCUT2D eigenvalue weighted by Crippen LogP contribution is -2.27. The number of hydrogen-bond acceptors (Lipinski definition) is 8. The van der Waals surface area contributed by atoms with Gasteiger partial charge in [0, 0.05) is 34.8 Å². The standard InChI is InChI=1S/C23H25F3N2O4.C21H19Br2F3N2O4/c1-13-6-18(28-20(29)11-21(30)31)7-14(2)22(13)32-12-15-8-16(23(24,25)26)10-19(9-15)27-17-4-3-5-17;22-16-7-15(28-18(29)9-19(30)31)8-17(23)20(16)32-10-11-4-12(21(24,25)26)6-14(5-11)27-13-2-1-3-13/h6-10,17,27H,3-5,11-12H2,1-2H3,(H,28,29)(H,30,31);4-8,13,27H,1-3,9-10H2,(H,28,29)(H,30,31). The largest absolute Gasteiger partial charge is 0.488 e. The van der Waals surface area contributed by atoms with E-state index in [4.69, 9.17) is 19.7 Å². The van der Waals surface area contributed by atoms with Crippen LogP contribution in [-0.4, -0.2) is 46.0 Å². The van der Waals surface area contributed by atoms with E-state index < -0.39 is 60.1 Å². The summed E-state index contributed by atoms with van der Waals surface area (Å²) in [4.78, 5) is 44.6. The van der Waals surface area contributed by atoms with Gasteiger partial charge in [0.05, 0.1) is 20.1 Å². The highest BCUT2D eigenvalue weighted by atomic mass is 79.9. The first kappa shape index (κ1) is 49.5. The normalized spacial score (nSPS) is 13.9. The summed E-state index contributed by atoms with van der Waals surface area (Å²) in [6.45, 7) is 3.30.